The Morgan fingerprint density at radius 3 is 2.84 bits per heavy atom. The molecule has 0 fully saturated rings. The molecule has 19 heavy (non-hydrogen) atoms. The third kappa shape index (κ3) is 6.43. The lowest BCUT2D eigenvalue weighted by atomic mass is 10.2. The zero-order valence-electron chi connectivity index (χ0n) is 10.0. The van der Waals surface area contributed by atoms with Gasteiger partial charge in [0.2, 0.25) is 0 Å². The van der Waals surface area contributed by atoms with E-state index in [-0.39, 0.29) is 12.1 Å². The number of hydrogen-bond donors (Lipinski definition) is 2. The van der Waals surface area contributed by atoms with Crippen molar-refractivity contribution in [2.75, 3.05) is 18.6 Å². The summed E-state index contributed by atoms with van der Waals surface area (Å²) in [5.74, 6) is -0.667. The van der Waals surface area contributed by atoms with E-state index in [1.54, 1.807) is 18.4 Å². The van der Waals surface area contributed by atoms with E-state index >= 15 is 0 Å². The van der Waals surface area contributed by atoms with E-state index < -0.39 is 21.8 Å². The van der Waals surface area contributed by atoms with E-state index in [2.05, 4.69) is 9.65 Å². The van der Waals surface area contributed by atoms with Crippen molar-refractivity contribution >= 4 is 28.1 Å². The van der Waals surface area contributed by atoms with Crippen molar-refractivity contribution in [3.05, 3.63) is 29.8 Å². The average molecular weight is 307 g/mol. The van der Waals surface area contributed by atoms with Crippen molar-refractivity contribution in [2.45, 2.75) is 0 Å². The fourth-order valence-corrected chi connectivity index (χ4v) is 1.66. The Bertz CT molecular complexity index is 531. The number of benzene rings is 1. The van der Waals surface area contributed by atoms with Crippen molar-refractivity contribution in [1.82, 2.24) is 5.32 Å². The van der Waals surface area contributed by atoms with Crippen LogP contribution in [0.15, 0.2) is 24.3 Å². The molecule has 1 aromatic rings. The standard InChI is InChI=1S/C10H13NO6S2/c1-18-17-16-9-4-2-3-8(7-9)10(12)11-5-6-19(13,14)15/h2-4,7H,5-6H2,1H3,(H,11,12)(H,13,14,15). The van der Waals surface area contributed by atoms with Crippen LogP contribution in [-0.4, -0.2) is 37.4 Å². The Morgan fingerprint density at radius 2 is 2.21 bits per heavy atom. The number of amides is 1. The number of carbonyl (C=O) groups excluding carboxylic acids is 1. The molecule has 1 amide bonds. The van der Waals surface area contributed by atoms with E-state index in [1.807, 2.05) is 0 Å². The maximum atomic E-state index is 11.7. The van der Waals surface area contributed by atoms with Gasteiger partial charge in [-0.25, -0.2) is 0 Å². The fraction of sp³-hybridized carbons (Fsp3) is 0.300. The highest BCUT2D eigenvalue weighted by atomic mass is 32.2. The number of carbonyl (C=O) groups is 1. The molecule has 9 heteroatoms. The highest BCUT2D eigenvalue weighted by molar-refractivity contribution is 7.93. The van der Waals surface area contributed by atoms with Gasteiger partial charge in [0.25, 0.3) is 16.0 Å². The molecule has 0 unspecified atom stereocenters. The number of rotatable bonds is 7. The van der Waals surface area contributed by atoms with E-state index in [4.69, 9.17) is 9.44 Å². The second-order valence-corrected chi connectivity index (χ2v) is 5.43. The highest BCUT2D eigenvalue weighted by Gasteiger charge is 2.09. The monoisotopic (exact) mass is 307 g/mol. The van der Waals surface area contributed by atoms with Crippen molar-refractivity contribution in [2.24, 2.45) is 0 Å². The van der Waals surface area contributed by atoms with Crippen molar-refractivity contribution in [3.8, 4) is 5.75 Å². The Labute approximate surface area is 115 Å². The minimum Gasteiger partial charge on any atom is -0.351 e. The first-order valence-electron chi connectivity index (χ1n) is 5.13. The lowest BCUT2D eigenvalue weighted by Gasteiger charge is -2.06. The quantitative estimate of drug-likeness (QED) is 0.334. The fourth-order valence-electron chi connectivity index (χ4n) is 1.16. The summed E-state index contributed by atoms with van der Waals surface area (Å²) < 4.78 is 34.2. The topological polar surface area (TPSA) is 102 Å². The first-order chi connectivity index (χ1) is 8.92. The molecule has 0 bridgehead atoms. The van der Waals surface area contributed by atoms with Gasteiger partial charge in [0, 0.05) is 30.4 Å². The molecule has 1 rings (SSSR count). The van der Waals surface area contributed by atoms with Crippen LogP contribution in [-0.2, 0) is 14.5 Å². The lowest BCUT2D eigenvalue weighted by Crippen LogP contribution is -2.28. The van der Waals surface area contributed by atoms with Crippen LogP contribution in [0.4, 0.5) is 0 Å². The van der Waals surface area contributed by atoms with E-state index in [0.29, 0.717) is 5.75 Å². The second kappa shape index (κ2) is 7.34. The van der Waals surface area contributed by atoms with Crippen LogP contribution in [0.5, 0.6) is 5.75 Å². The van der Waals surface area contributed by atoms with Crippen LogP contribution in [0.3, 0.4) is 0 Å². The van der Waals surface area contributed by atoms with Crippen molar-refractivity contribution < 1.29 is 27.0 Å². The summed E-state index contributed by atoms with van der Waals surface area (Å²) in [5, 5.41) is 2.36. The average Bonchev–Trinajstić information content (AvgIpc) is 2.35. The molecule has 0 saturated heterocycles. The maximum Gasteiger partial charge on any atom is 0.266 e. The van der Waals surface area contributed by atoms with Gasteiger partial charge in [-0.3, -0.25) is 9.35 Å². The summed E-state index contributed by atoms with van der Waals surface area (Å²) in [6, 6.07) is 6.18. The van der Waals surface area contributed by atoms with Gasteiger partial charge in [-0.15, -0.1) is 4.33 Å². The van der Waals surface area contributed by atoms with Gasteiger partial charge < -0.3 is 10.2 Å². The van der Waals surface area contributed by atoms with Gasteiger partial charge in [0.1, 0.15) is 0 Å². The molecule has 106 valence electrons. The summed E-state index contributed by atoms with van der Waals surface area (Å²) in [4.78, 5) is 16.5. The SMILES string of the molecule is CSOOc1cccc(C(=O)NCCS(=O)(=O)O)c1. The zero-order valence-corrected chi connectivity index (χ0v) is 11.7. The van der Waals surface area contributed by atoms with Crippen LogP contribution in [0.25, 0.3) is 0 Å². The van der Waals surface area contributed by atoms with Crippen LogP contribution in [0, 0.1) is 0 Å². The second-order valence-electron chi connectivity index (χ2n) is 3.39. The van der Waals surface area contributed by atoms with Gasteiger partial charge in [-0.05, 0) is 18.2 Å². The number of nitrogens with one attached hydrogen (secondary N) is 1. The summed E-state index contributed by atoms with van der Waals surface area (Å²) >= 11 is 1.01. The van der Waals surface area contributed by atoms with Gasteiger partial charge in [-0.2, -0.15) is 8.42 Å². The minimum absolute atomic E-state index is 0.177. The summed E-state index contributed by atoms with van der Waals surface area (Å²) in [5.41, 5.74) is 0.289. The summed E-state index contributed by atoms with van der Waals surface area (Å²) in [6.07, 6.45) is 1.67. The first-order valence-corrected chi connectivity index (χ1v) is 7.89. The van der Waals surface area contributed by atoms with E-state index in [0.717, 1.165) is 12.0 Å². The summed E-state index contributed by atoms with van der Waals surface area (Å²) in [7, 11) is -4.08. The minimum atomic E-state index is -4.08. The number of hydrogen-bond acceptors (Lipinski definition) is 6. The molecule has 0 aromatic heterocycles. The summed E-state index contributed by atoms with van der Waals surface area (Å²) in [6.45, 7) is -0.177. The molecular weight excluding hydrogens is 294 g/mol. The van der Waals surface area contributed by atoms with Crippen LogP contribution < -0.4 is 10.2 Å². The van der Waals surface area contributed by atoms with Gasteiger partial charge in [0.05, 0.1) is 5.75 Å². The molecule has 1 aromatic carbocycles. The highest BCUT2D eigenvalue weighted by Crippen LogP contribution is 2.15. The first kappa shape index (κ1) is 15.8. The van der Waals surface area contributed by atoms with Crippen molar-refractivity contribution in [1.29, 1.82) is 0 Å². The Kier molecular flexibility index (Phi) is 6.09. The molecule has 0 saturated carbocycles. The van der Waals surface area contributed by atoms with Gasteiger partial charge in [-0.1, -0.05) is 6.07 Å². The molecule has 0 heterocycles. The molecule has 2 N–H and O–H groups in total. The molecule has 0 aliphatic rings. The van der Waals surface area contributed by atoms with Crippen LogP contribution in [0.2, 0.25) is 0 Å². The molecule has 0 aliphatic heterocycles. The Morgan fingerprint density at radius 1 is 1.47 bits per heavy atom. The third-order valence-electron chi connectivity index (χ3n) is 1.94. The molecule has 0 aliphatic carbocycles. The Balaban J connectivity index is 2.56. The van der Waals surface area contributed by atoms with Crippen molar-refractivity contribution in [3.63, 3.8) is 0 Å². The molecule has 7 nitrogen and oxygen atoms in total. The lowest BCUT2D eigenvalue weighted by molar-refractivity contribution is -0.0771. The smallest absolute Gasteiger partial charge is 0.266 e. The normalized spacial score (nSPS) is 11.1. The van der Waals surface area contributed by atoms with Crippen LogP contribution >= 0.6 is 12.0 Å². The maximum absolute atomic E-state index is 11.7. The Hall–Kier alpha value is -1.29. The predicted molar refractivity (Wildman–Crippen MR) is 70.4 cm³/mol. The molecule has 0 spiro atoms. The molecule has 0 atom stereocenters. The van der Waals surface area contributed by atoms with Gasteiger partial charge >= 0.3 is 0 Å². The van der Waals surface area contributed by atoms with E-state index in [9.17, 15) is 13.2 Å². The van der Waals surface area contributed by atoms with E-state index in [1.165, 1.54) is 12.1 Å². The zero-order chi connectivity index (χ0) is 14.3. The van der Waals surface area contributed by atoms with Crippen LogP contribution in [0.1, 0.15) is 10.4 Å². The molecule has 0 radical (unpaired) electrons. The predicted octanol–water partition coefficient (Wildman–Crippen LogP) is 0.893. The largest absolute Gasteiger partial charge is 0.351 e. The van der Waals surface area contributed by atoms with Gasteiger partial charge in [0.15, 0.2) is 5.75 Å². The molecular formula is C10H13NO6S2. The third-order valence-corrected chi connectivity index (χ3v) is 2.86.